The van der Waals surface area contributed by atoms with E-state index in [1.165, 1.54) is 12.6 Å². The second-order valence-electron chi connectivity index (χ2n) is 9.25. The quantitative estimate of drug-likeness (QED) is 0.735. The second-order valence-corrected chi connectivity index (χ2v) is 9.25. The Kier molecular flexibility index (Phi) is 6.94. The number of carbonyl (C=O) groups excluding carboxylic acids is 1. The third kappa shape index (κ3) is 5.04. The van der Waals surface area contributed by atoms with Crippen molar-refractivity contribution in [1.29, 1.82) is 0 Å². The number of amides is 1. The number of benzene rings is 1. The van der Waals surface area contributed by atoms with Gasteiger partial charge in [0.1, 0.15) is 11.6 Å². The molecule has 32 heavy (non-hydrogen) atoms. The minimum absolute atomic E-state index is 0.169. The van der Waals surface area contributed by atoms with Crippen LogP contribution < -0.4 is 16.0 Å². The normalized spacial score (nSPS) is 18.2. The van der Waals surface area contributed by atoms with E-state index in [0.717, 1.165) is 57.5 Å². The highest BCUT2D eigenvalue weighted by Gasteiger charge is 2.22. The standard InChI is InChI=1S/C25H34FN5O/c1-17(2)30-10-12-31(13-11-30)20-8-9-21(23(26)15-20)18-14-22(24(27)28-16-18)25(32)29-19-6-4-3-5-7-19/h8-9,14-17,19H,3-7,10-13H2,1-2H3,(H2,27,28)(H,29,32). The maximum Gasteiger partial charge on any atom is 0.255 e. The summed E-state index contributed by atoms with van der Waals surface area (Å²) < 4.78 is 15.1. The predicted octanol–water partition coefficient (Wildman–Crippen LogP) is 4.06. The molecule has 1 amide bonds. The molecule has 0 bridgehead atoms. The van der Waals surface area contributed by atoms with Gasteiger partial charge in [0.25, 0.3) is 5.91 Å². The number of carbonyl (C=O) groups is 1. The average molecular weight is 440 g/mol. The molecule has 2 fully saturated rings. The van der Waals surface area contributed by atoms with Gasteiger partial charge in [0.15, 0.2) is 0 Å². The number of hydrogen-bond donors (Lipinski definition) is 2. The average Bonchev–Trinajstić information content (AvgIpc) is 2.80. The van der Waals surface area contributed by atoms with Crippen molar-refractivity contribution in [3.05, 3.63) is 41.8 Å². The van der Waals surface area contributed by atoms with Crippen molar-refractivity contribution in [2.75, 3.05) is 36.8 Å². The Morgan fingerprint density at radius 2 is 1.84 bits per heavy atom. The predicted molar refractivity (Wildman–Crippen MR) is 127 cm³/mol. The number of piperazine rings is 1. The van der Waals surface area contributed by atoms with E-state index in [-0.39, 0.29) is 23.6 Å². The van der Waals surface area contributed by atoms with Gasteiger partial charge in [-0.3, -0.25) is 9.69 Å². The van der Waals surface area contributed by atoms with Gasteiger partial charge in [0.2, 0.25) is 0 Å². The SMILES string of the molecule is CC(C)N1CCN(c2ccc(-c3cnc(N)c(C(=O)NC4CCCCC4)c3)c(F)c2)CC1. The third-order valence-corrected chi connectivity index (χ3v) is 6.78. The topological polar surface area (TPSA) is 74.5 Å². The van der Waals surface area contributed by atoms with Crippen molar-refractivity contribution in [1.82, 2.24) is 15.2 Å². The van der Waals surface area contributed by atoms with Gasteiger partial charge in [-0.05, 0) is 51.0 Å². The lowest BCUT2D eigenvalue weighted by molar-refractivity contribution is 0.0928. The van der Waals surface area contributed by atoms with E-state index in [1.54, 1.807) is 18.2 Å². The summed E-state index contributed by atoms with van der Waals surface area (Å²) in [6, 6.07) is 7.65. The van der Waals surface area contributed by atoms with Gasteiger partial charge in [-0.25, -0.2) is 9.37 Å². The van der Waals surface area contributed by atoms with Crippen LogP contribution in [0.4, 0.5) is 15.9 Å². The molecule has 2 aromatic rings. The van der Waals surface area contributed by atoms with Crippen LogP contribution in [-0.2, 0) is 0 Å². The molecule has 2 aliphatic rings. The fourth-order valence-corrected chi connectivity index (χ4v) is 4.75. The summed E-state index contributed by atoms with van der Waals surface area (Å²) in [5.41, 5.74) is 8.16. The minimum atomic E-state index is -0.320. The maximum absolute atomic E-state index is 15.1. The van der Waals surface area contributed by atoms with Gasteiger partial charge in [-0.2, -0.15) is 0 Å². The van der Waals surface area contributed by atoms with Crippen LogP contribution in [0.1, 0.15) is 56.3 Å². The molecular weight excluding hydrogens is 405 g/mol. The molecule has 4 rings (SSSR count). The highest BCUT2D eigenvalue weighted by atomic mass is 19.1. The van der Waals surface area contributed by atoms with Gasteiger partial charge in [0.05, 0.1) is 5.56 Å². The molecule has 1 saturated heterocycles. The van der Waals surface area contributed by atoms with Crippen LogP contribution in [0, 0.1) is 5.82 Å². The molecule has 1 aliphatic heterocycles. The summed E-state index contributed by atoms with van der Waals surface area (Å²) in [7, 11) is 0. The zero-order chi connectivity index (χ0) is 22.7. The molecule has 3 N–H and O–H groups in total. The van der Waals surface area contributed by atoms with Crippen LogP contribution in [-0.4, -0.2) is 54.1 Å². The summed E-state index contributed by atoms with van der Waals surface area (Å²) >= 11 is 0. The third-order valence-electron chi connectivity index (χ3n) is 6.78. The molecule has 1 aromatic carbocycles. The highest BCUT2D eigenvalue weighted by molar-refractivity contribution is 5.99. The summed E-state index contributed by atoms with van der Waals surface area (Å²) in [5.74, 6) is -0.384. The van der Waals surface area contributed by atoms with E-state index in [4.69, 9.17) is 5.73 Å². The largest absolute Gasteiger partial charge is 0.383 e. The van der Waals surface area contributed by atoms with Gasteiger partial charge in [0, 0.05) is 61.3 Å². The molecule has 1 saturated carbocycles. The molecule has 1 aromatic heterocycles. The Balaban J connectivity index is 1.50. The molecule has 0 atom stereocenters. The zero-order valence-corrected chi connectivity index (χ0v) is 19.1. The lowest BCUT2D eigenvalue weighted by Crippen LogP contribution is -2.48. The van der Waals surface area contributed by atoms with Crippen molar-refractivity contribution < 1.29 is 9.18 Å². The Morgan fingerprint density at radius 3 is 2.50 bits per heavy atom. The number of nitrogens with one attached hydrogen (secondary N) is 1. The van der Waals surface area contributed by atoms with Gasteiger partial charge in [-0.1, -0.05) is 19.3 Å². The fourth-order valence-electron chi connectivity index (χ4n) is 4.75. The van der Waals surface area contributed by atoms with Crippen LogP contribution in [0.5, 0.6) is 0 Å². The number of halogens is 1. The molecule has 0 spiro atoms. The Hall–Kier alpha value is -2.67. The molecule has 2 heterocycles. The molecular formula is C25H34FN5O. The summed E-state index contributed by atoms with van der Waals surface area (Å²) in [6.07, 6.45) is 6.98. The fraction of sp³-hybridized carbons (Fsp3) is 0.520. The number of hydrogen-bond acceptors (Lipinski definition) is 5. The summed E-state index contributed by atoms with van der Waals surface area (Å²) in [4.78, 5) is 21.6. The number of pyridine rings is 1. The lowest BCUT2D eigenvalue weighted by atomic mass is 9.95. The number of anilines is 2. The number of nitrogens with zero attached hydrogens (tertiary/aromatic N) is 3. The smallest absolute Gasteiger partial charge is 0.255 e. The number of nitrogens with two attached hydrogens (primary N) is 1. The molecule has 6 nitrogen and oxygen atoms in total. The highest BCUT2D eigenvalue weighted by Crippen LogP contribution is 2.29. The van der Waals surface area contributed by atoms with E-state index in [9.17, 15) is 4.79 Å². The van der Waals surface area contributed by atoms with Crippen LogP contribution in [0.2, 0.25) is 0 Å². The Bertz CT molecular complexity index is 949. The van der Waals surface area contributed by atoms with Crippen molar-refractivity contribution >= 4 is 17.4 Å². The summed E-state index contributed by atoms with van der Waals surface area (Å²) in [6.45, 7) is 8.12. The number of nitrogen functional groups attached to an aromatic ring is 1. The van der Waals surface area contributed by atoms with E-state index >= 15 is 4.39 Å². The first-order valence-electron chi connectivity index (χ1n) is 11.8. The number of rotatable bonds is 5. The van der Waals surface area contributed by atoms with Gasteiger partial charge >= 0.3 is 0 Å². The molecule has 0 radical (unpaired) electrons. The monoisotopic (exact) mass is 439 g/mol. The molecule has 7 heteroatoms. The van der Waals surface area contributed by atoms with Crippen molar-refractivity contribution in [3.63, 3.8) is 0 Å². The molecule has 1 aliphatic carbocycles. The molecule has 172 valence electrons. The Labute approximate surface area is 190 Å². The van der Waals surface area contributed by atoms with Crippen molar-refractivity contribution in [2.45, 2.75) is 58.0 Å². The van der Waals surface area contributed by atoms with Crippen LogP contribution in [0.25, 0.3) is 11.1 Å². The van der Waals surface area contributed by atoms with E-state index < -0.39 is 0 Å². The van der Waals surface area contributed by atoms with E-state index in [2.05, 4.69) is 33.9 Å². The van der Waals surface area contributed by atoms with Crippen LogP contribution in [0.3, 0.4) is 0 Å². The van der Waals surface area contributed by atoms with E-state index in [1.807, 2.05) is 6.07 Å². The zero-order valence-electron chi connectivity index (χ0n) is 19.1. The first-order chi connectivity index (χ1) is 15.4. The van der Waals surface area contributed by atoms with E-state index in [0.29, 0.717) is 22.7 Å². The van der Waals surface area contributed by atoms with Crippen LogP contribution >= 0.6 is 0 Å². The van der Waals surface area contributed by atoms with Crippen molar-refractivity contribution in [3.8, 4) is 11.1 Å². The van der Waals surface area contributed by atoms with Gasteiger partial charge in [-0.15, -0.1) is 0 Å². The minimum Gasteiger partial charge on any atom is -0.383 e. The summed E-state index contributed by atoms with van der Waals surface area (Å²) in [5, 5.41) is 3.07. The van der Waals surface area contributed by atoms with Crippen molar-refractivity contribution in [2.24, 2.45) is 0 Å². The van der Waals surface area contributed by atoms with Crippen LogP contribution in [0.15, 0.2) is 30.5 Å². The molecule has 0 unspecified atom stereocenters. The second kappa shape index (κ2) is 9.86. The Morgan fingerprint density at radius 1 is 1.12 bits per heavy atom. The van der Waals surface area contributed by atoms with Gasteiger partial charge < -0.3 is 16.0 Å². The number of aromatic nitrogens is 1. The first kappa shape index (κ1) is 22.5. The lowest BCUT2D eigenvalue weighted by Gasteiger charge is -2.38. The maximum atomic E-state index is 15.1. The first-order valence-corrected chi connectivity index (χ1v) is 11.8.